The van der Waals surface area contributed by atoms with Crippen LogP contribution in [0.15, 0.2) is 15.5 Å². The van der Waals surface area contributed by atoms with Crippen LogP contribution >= 0.6 is 15.9 Å². The molecule has 0 unspecified atom stereocenters. The zero-order valence-corrected chi connectivity index (χ0v) is 9.81. The molecule has 0 radical (unpaired) electrons. The number of halogens is 3. The molecule has 1 heterocycles. The molecule has 16 heavy (non-hydrogen) atoms. The number of esters is 1. The van der Waals surface area contributed by atoms with E-state index >= 15 is 0 Å². The number of ether oxygens (including phenoxy) is 1. The molecule has 7 heteroatoms. The predicted molar refractivity (Wildman–Crippen MR) is 55.4 cm³/mol. The summed E-state index contributed by atoms with van der Waals surface area (Å²) < 4.78 is 29.8. The van der Waals surface area contributed by atoms with Gasteiger partial charge in [-0.15, -0.1) is 0 Å². The number of pyridine rings is 1. The molecule has 0 aliphatic heterocycles. The molecule has 88 valence electrons. The van der Waals surface area contributed by atoms with Crippen molar-refractivity contribution in [1.29, 1.82) is 0 Å². The van der Waals surface area contributed by atoms with Crippen LogP contribution in [0.5, 0.6) is 0 Å². The molecular formula is C9H8BrF2NO3. The highest BCUT2D eigenvalue weighted by Crippen LogP contribution is 2.21. The van der Waals surface area contributed by atoms with Crippen LogP contribution < -0.4 is 5.56 Å². The van der Waals surface area contributed by atoms with Gasteiger partial charge >= 0.3 is 5.97 Å². The summed E-state index contributed by atoms with van der Waals surface area (Å²) in [5, 5.41) is 0. The highest BCUT2D eigenvalue weighted by atomic mass is 79.9. The van der Waals surface area contributed by atoms with Crippen LogP contribution in [0, 0.1) is 0 Å². The minimum Gasteiger partial charge on any atom is -0.469 e. The van der Waals surface area contributed by atoms with Gasteiger partial charge < -0.3 is 9.72 Å². The Morgan fingerprint density at radius 1 is 1.62 bits per heavy atom. The van der Waals surface area contributed by atoms with Gasteiger partial charge in [0, 0.05) is 0 Å². The highest BCUT2D eigenvalue weighted by molar-refractivity contribution is 9.10. The first-order valence-electron chi connectivity index (χ1n) is 4.22. The molecule has 0 amide bonds. The largest absolute Gasteiger partial charge is 0.469 e. The number of H-pyrrole nitrogens is 1. The van der Waals surface area contributed by atoms with Crippen LogP contribution in [0.1, 0.15) is 17.6 Å². The van der Waals surface area contributed by atoms with Gasteiger partial charge in [0.1, 0.15) is 0 Å². The van der Waals surface area contributed by atoms with Gasteiger partial charge in [-0.3, -0.25) is 9.59 Å². The molecule has 1 aromatic heterocycles. The molecule has 0 saturated heterocycles. The van der Waals surface area contributed by atoms with Crippen molar-refractivity contribution >= 4 is 21.9 Å². The zero-order valence-electron chi connectivity index (χ0n) is 8.22. The maximum atomic E-state index is 12.6. The van der Waals surface area contributed by atoms with Crippen molar-refractivity contribution in [2.24, 2.45) is 0 Å². The topological polar surface area (TPSA) is 59.2 Å². The third-order valence-electron chi connectivity index (χ3n) is 1.91. The lowest BCUT2D eigenvalue weighted by atomic mass is 10.1. The van der Waals surface area contributed by atoms with Gasteiger partial charge in [-0.25, -0.2) is 8.78 Å². The Labute approximate surface area is 97.7 Å². The number of aromatic nitrogens is 1. The van der Waals surface area contributed by atoms with E-state index in [1.807, 2.05) is 0 Å². The Morgan fingerprint density at radius 3 is 2.75 bits per heavy atom. The molecule has 0 aliphatic rings. The molecule has 1 N–H and O–H groups in total. The molecule has 0 bridgehead atoms. The maximum absolute atomic E-state index is 12.6. The lowest BCUT2D eigenvalue weighted by Gasteiger charge is -2.07. The van der Waals surface area contributed by atoms with E-state index in [0.29, 0.717) is 0 Å². The minimum atomic E-state index is -2.93. The summed E-state index contributed by atoms with van der Waals surface area (Å²) >= 11 is 2.96. The Morgan fingerprint density at radius 2 is 2.25 bits per heavy atom. The van der Waals surface area contributed by atoms with Crippen LogP contribution in [0.2, 0.25) is 0 Å². The van der Waals surface area contributed by atoms with Crippen molar-refractivity contribution in [2.45, 2.75) is 12.8 Å². The van der Waals surface area contributed by atoms with Crippen molar-refractivity contribution in [3.05, 3.63) is 32.2 Å². The maximum Gasteiger partial charge on any atom is 0.309 e. The summed E-state index contributed by atoms with van der Waals surface area (Å²) in [7, 11) is 1.15. The van der Waals surface area contributed by atoms with E-state index in [9.17, 15) is 18.4 Å². The Bertz CT molecular complexity index is 459. The number of rotatable bonds is 3. The van der Waals surface area contributed by atoms with Crippen LogP contribution in [0.3, 0.4) is 0 Å². The number of carbonyl (C=O) groups excluding carboxylic acids is 1. The van der Waals surface area contributed by atoms with E-state index in [4.69, 9.17) is 0 Å². The molecule has 0 fully saturated rings. The Balaban J connectivity index is 3.24. The fraction of sp³-hybridized carbons (Fsp3) is 0.333. The lowest BCUT2D eigenvalue weighted by molar-refractivity contribution is -0.139. The van der Waals surface area contributed by atoms with Crippen LogP contribution in [0.4, 0.5) is 8.78 Å². The number of hydrogen-bond donors (Lipinski definition) is 1. The molecule has 0 aromatic carbocycles. The van der Waals surface area contributed by atoms with Gasteiger partial charge in [-0.1, -0.05) is 0 Å². The van der Waals surface area contributed by atoms with Crippen molar-refractivity contribution in [3.63, 3.8) is 0 Å². The van der Waals surface area contributed by atoms with Gasteiger partial charge in [-0.2, -0.15) is 0 Å². The van der Waals surface area contributed by atoms with Crippen molar-refractivity contribution < 1.29 is 18.3 Å². The van der Waals surface area contributed by atoms with E-state index in [1.54, 1.807) is 0 Å². The highest BCUT2D eigenvalue weighted by Gasteiger charge is 2.20. The molecule has 0 saturated carbocycles. The molecule has 0 spiro atoms. The standard InChI is InChI=1S/C9H8BrF2NO3/c1-16-6(14)3-4-2-5(10)13-9(15)7(4)8(11)12/h2,8H,3H2,1H3,(H,13,15). The molecule has 1 aromatic rings. The third-order valence-corrected chi connectivity index (χ3v) is 2.33. The number of carbonyl (C=O) groups is 1. The van der Waals surface area contributed by atoms with Crippen molar-refractivity contribution in [1.82, 2.24) is 4.98 Å². The van der Waals surface area contributed by atoms with Crippen LogP contribution in [0.25, 0.3) is 0 Å². The zero-order chi connectivity index (χ0) is 12.3. The number of methoxy groups -OCH3 is 1. The SMILES string of the molecule is COC(=O)Cc1cc(Br)[nH]c(=O)c1C(F)F. The van der Waals surface area contributed by atoms with Gasteiger partial charge in [0.15, 0.2) is 0 Å². The Hall–Kier alpha value is -1.24. The average Bonchev–Trinajstić information content (AvgIpc) is 2.15. The second-order valence-corrected chi connectivity index (χ2v) is 3.79. The minimum absolute atomic E-state index is 0.0440. The second-order valence-electron chi connectivity index (χ2n) is 2.94. The second kappa shape index (κ2) is 5.20. The quantitative estimate of drug-likeness (QED) is 0.683. The fourth-order valence-corrected chi connectivity index (χ4v) is 1.66. The van der Waals surface area contributed by atoms with Crippen LogP contribution in [-0.4, -0.2) is 18.1 Å². The van der Waals surface area contributed by atoms with E-state index in [0.717, 1.165) is 7.11 Å². The predicted octanol–water partition coefficient (Wildman–Crippen LogP) is 1.79. The summed E-state index contributed by atoms with van der Waals surface area (Å²) in [6.45, 7) is 0. The first-order chi connectivity index (χ1) is 7.45. The summed E-state index contributed by atoms with van der Waals surface area (Å²) in [5.74, 6) is -0.681. The number of hydrogen-bond acceptors (Lipinski definition) is 3. The van der Waals surface area contributed by atoms with Gasteiger partial charge in [0.05, 0.1) is 23.7 Å². The van der Waals surface area contributed by atoms with Gasteiger partial charge in [0.25, 0.3) is 12.0 Å². The summed E-state index contributed by atoms with van der Waals surface area (Å²) in [4.78, 5) is 24.4. The average molecular weight is 296 g/mol. The number of aromatic amines is 1. The molecule has 0 atom stereocenters. The molecule has 4 nitrogen and oxygen atoms in total. The summed E-state index contributed by atoms with van der Waals surface area (Å²) in [5.41, 5.74) is -1.66. The van der Waals surface area contributed by atoms with E-state index in [1.165, 1.54) is 6.07 Å². The first-order valence-corrected chi connectivity index (χ1v) is 5.01. The summed E-state index contributed by atoms with van der Waals surface area (Å²) in [6, 6.07) is 1.26. The molecular weight excluding hydrogens is 288 g/mol. The number of alkyl halides is 2. The molecule has 0 aliphatic carbocycles. The monoisotopic (exact) mass is 295 g/mol. The lowest BCUT2D eigenvalue weighted by Crippen LogP contribution is -2.18. The smallest absolute Gasteiger partial charge is 0.309 e. The number of nitrogens with one attached hydrogen (secondary N) is 1. The summed E-state index contributed by atoms with van der Waals surface area (Å²) in [6.07, 6.45) is -3.30. The fourth-order valence-electron chi connectivity index (χ4n) is 1.20. The van der Waals surface area contributed by atoms with E-state index < -0.39 is 23.5 Å². The van der Waals surface area contributed by atoms with E-state index in [-0.39, 0.29) is 16.6 Å². The van der Waals surface area contributed by atoms with Crippen molar-refractivity contribution in [3.8, 4) is 0 Å². The van der Waals surface area contributed by atoms with Crippen LogP contribution in [-0.2, 0) is 16.0 Å². The third kappa shape index (κ3) is 2.88. The van der Waals surface area contributed by atoms with Gasteiger partial charge in [0.2, 0.25) is 0 Å². The first kappa shape index (κ1) is 12.8. The van der Waals surface area contributed by atoms with Gasteiger partial charge in [-0.05, 0) is 27.6 Å². The van der Waals surface area contributed by atoms with Crippen molar-refractivity contribution in [2.75, 3.05) is 7.11 Å². The molecule has 1 rings (SSSR count). The van der Waals surface area contributed by atoms with E-state index in [2.05, 4.69) is 25.7 Å². The normalized spacial score (nSPS) is 10.6. The Kier molecular flexibility index (Phi) is 4.17.